The fraction of sp³-hybridized carbons (Fsp3) is 0.353. The first kappa shape index (κ1) is 34.7. The number of anilines is 2. The zero-order chi connectivity index (χ0) is 34.7. The molecule has 0 unspecified atom stereocenters. The van der Waals surface area contributed by atoms with E-state index in [0.29, 0.717) is 34.4 Å². The number of rotatable bonds is 11. The molecular weight excluding hydrogens is 610 g/mol. The van der Waals surface area contributed by atoms with Crippen LogP contribution in [0.1, 0.15) is 58.6 Å². The van der Waals surface area contributed by atoms with E-state index >= 15 is 0 Å². The molecule has 4 rings (SSSR count). The minimum absolute atomic E-state index is 0.0900. The number of hydrogen-bond acceptors (Lipinski definition) is 9. The number of nitrogens with one attached hydrogen (secondary N) is 4. The summed E-state index contributed by atoms with van der Waals surface area (Å²) in [6, 6.07) is 6.59. The van der Waals surface area contributed by atoms with Crippen molar-refractivity contribution in [3.63, 3.8) is 0 Å². The summed E-state index contributed by atoms with van der Waals surface area (Å²) in [6.07, 6.45) is 2.20. The minimum atomic E-state index is -4.50. The molecule has 246 valence electrons. The lowest BCUT2D eigenvalue weighted by Gasteiger charge is -2.28. The van der Waals surface area contributed by atoms with Gasteiger partial charge in [0.2, 0.25) is 0 Å². The lowest BCUT2D eigenvalue weighted by atomic mass is 9.92. The summed E-state index contributed by atoms with van der Waals surface area (Å²) in [5.74, 6) is -0.530. The van der Waals surface area contributed by atoms with E-state index in [0.717, 1.165) is 5.01 Å². The summed E-state index contributed by atoms with van der Waals surface area (Å²) in [4.78, 5) is 8.13. The SMILES string of the molecule is C=N\C=C/C(C(=C)[C@H](Nc1cc(C#N)c2ncc(C#N)c(NCC(C)(C)C)c2c1)C1=CN(C2(C(F)(F)F)CC2)NN1)=C(C)/C(F)=C\C. The fourth-order valence-electron chi connectivity index (χ4n) is 5.21. The highest BCUT2D eigenvalue weighted by Gasteiger charge is 2.67. The van der Waals surface area contributed by atoms with E-state index in [2.05, 4.69) is 57.0 Å². The van der Waals surface area contributed by atoms with Crippen molar-refractivity contribution >= 4 is 29.0 Å². The Morgan fingerprint density at radius 1 is 1.21 bits per heavy atom. The molecule has 0 spiro atoms. The maximum absolute atomic E-state index is 14.9. The van der Waals surface area contributed by atoms with E-state index in [-0.39, 0.29) is 46.2 Å². The number of pyridine rings is 1. The Bertz CT molecular complexity index is 1790. The van der Waals surface area contributed by atoms with Crippen LogP contribution in [-0.4, -0.2) is 41.0 Å². The average molecular weight is 648 g/mol. The lowest BCUT2D eigenvalue weighted by Crippen LogP contribution is -2.52. The molecule has 1 saturated carbocycles. The number of fused-ring (bicyclic) bond motifs is 1. The van der Waals surface area contributed by atoms with E-state index in [1.54, 1.807) is 19.1 Å². The van der Waals surface area contributed by atoms with Crippen molar-refractivity contribution in [2.45, 2.75) is 65.2 Å². The zero-order valence-corrected chi connectivity index (χ0v) is 26.9. The predicted octanol–water partition coefficient (Wildman–Crippen LogP) is 7.44. The Hall–Kier alpha value is -5.14. The number of alkyl halides is 3. The highest BCUT2D eigenvalue weighted by Crippen LogP contribution is 2.53. The van der Waals surface area contributed by atoms with Crippen molar-refractivity contribution in [2.24, 2.45) is 10.4 Å². The maximum atomic E-state index is 14.9. The van der Waals surface area contributed by atoms with Gasteiger partial charge in [-0.2, -0.15) is 23.7 Å². The van der Waals surface area contributed by atoms with E-state index < -0.39 is 23.6 Å². The molecule has 4 N–H and O–H groups in total. The Labute approximate surface area is 271 Å². The number of aliphatic imine (C=N–C) groups is 1. The minimum Gasteiger partial charge on any atom is -0.383 e. The van der Waals surface area contributed by atoms with Gasteiger partial charge in [0.15, 0.2) is 5.54 Å². The Kier molecular flexibility index (Phi) is 9.83. The van der Waals surface area contributed by atoms with Crippen LogP contribution in [0.3, 0.4) is 0 Å². The smallest absolute Gasteiger partial charge is 0.383 e. The summed E-state index contributed by atoms with van der Waals surface area (Å²) in [7, 11) is 0. The monoisotopic (exact) mass is 647 g/mol. The molecule has 2 heterocycles. The van der Waals surface area contributed by atoms with Crippen LogP contribution < -0.4 is 21.6 Å². The van der Waals surface area contributed by atoms with Crippen LogP contribution in [0.15, 0.2) is 82.7 Å². The third-order valence-electron chi connectivity index (χ3n) is 7.99. The second-order valence-electron chi connectivity index (χ2n) is 12.6. The molecule has 0 radical (unpaired) electrons. The highest BCUT2D eigenvalue weighted by molar-refractivity contribution is 5.99. The molecule has 1 aliphatic heterocycles. The Balaban J connectivity index is 1.90. The van der Waals surface area contributed by atoms with Gasteiger partial charge in [0.05, 0.1) is 34.1 Å². The molecule has 1 aromatic heterocycles. The second-order valence-corrected chi connectivity index (χ2v) is 12.6. The summed E-state index contributed by atoms with van der Waals surface area (Å²) in [5.41, 5.74) is 6.02. The summed E-state index contributed by atoms with van der Waals surface area (Å²) >= 11 is 0. The number of halogens is 4. The van der Waals surface area contributed by atoms with Crippen LogP contribution >= 0.6 is 0 Å². The topological polar surface area (TPSA) is 124 Å². The van der Waals surface area contributed by atoms with Crippen LogP contribution in [0.25, 0.3) is 10.9 Å². The van der Waals surface area contributed by atoms with Gasteiger partial charge in [-0.1, -0.05) is 33.4 Å². The highest BCUT2D eigenvalue weighted by atomic mass is 19.4. The molecule has 1 atom stereocenters. The standard InChI is InChI=1S/C34H37F4N9/c1-8-27(35)20(2)25(9-12-41-7)21(3)29(28-18-47(46-45-28)33(10-11-33)34(36,37)38)44-24-13-22(15-39)30-26(14-24)31(23(16-40)17-42-30)43-19-32(4,5)6/h8-9,12-14,17-18,29,44-46H,3,7,10-11,19H2,1-2,4-6H3,(H,42,43)/b12-9-,25-20-,27-8+/t29-/m0/s1. The predicted molar refractivity (Wildman–Crippen MR) is 176 cm³/mol. The molecule has 13 heteroatoms. The van der Waals surface area contributed by atoms with Crippen molar-refractivity contribution in [3.8, 4) is 12.1 Å². The number of hydrogen-bond donors (Lipinski definition) is 4. The van der Waals surface area contributed by atoms with Crippen LogP contribution in [0.5, 0.6) is 0 Å². The molecule has 47 heavy (non-hydrogen) atoms. The van der Waals surface area contributed by atoms with Crippen LogP contribution in [0, 0.1) is 28.1 Å². The molecule has 0 amide bonds. The van der Waals surface area contributed by atoms with Crippen LogP contribution in [-0.2, 0) is 0 Å². The fourth-order valence-corrected chi connectivity index (χ4v) is 5.21. The van der Waals surface area contributed by atoms with Gasteiger partial charge in [-0.25, -0.2) is 4.39 Å². The van der Waals surface area contributed by atoms with Gasteiger partial charge in [-0.3, -0.25) is 15.0 Å². The number of hydrazine groups is 2. The molecule has 1 fully saturated rings. The number of allylic oxidation sites excluding steroid dienone is 4. The van der Waals surface area contributed by atoms with Gasteiger partial charge in [-0.15, -0.1) is 5.53 Å². The number of aromatic nitrogens is 1. The van der Waals surface area contributed by atoms with Gasteiger partial charge < -0.3 is 16.1 Å². The van der Waals surface area contributed by atoms with E-state index in [1.807, 2.05) is 20.8 Å². The Morgan fingerprint density at radius 2 is 1.89 bits per heavy atom. The first-order valence-electron chi connectivity index (χ1n) is 14.8. The first-order chi connectivity index (χ1) is 22.1. The van der Waals surface area contributed by atoms with Gasteiger partial charge in [0, 0.05) is 36.2 Å². The van der Waals surface area contributed by atoms with Crippen LogP contribution in [0.2, 0.25) is 0 Å². The van der Waals surface area contributed by atoms with Crippen molar-refractivity contribution in [1.29, 1.82) is 10.5 Å². The number of benzene rings is 1. The van der Waals surface area contributed by atoms with Crippen molar-refractivity contribution in [1.82, 2.24) is 21.0 Å². The number of nitriles is 2. The van der Waals surface area contributed by atoms with E-state index in [9.17, 15) is 28.1 Å². The first-order valence-corrected chi connectivity index (χ1v) is 14.8. The maximum Gasteiger partial charge on any atom is 0.413 e. The third-order valence-corrected chi connectivity index (χ3v) is 7.99. The summed E-state index contributed by atoms with van der Waals surface area (Å²) < 4.78 is 57.0. The third kappa shape index (κ3) is 7.16. The molecule has 0 saturated heterocycles. The van der Waals surface area contributed by atoms with Gasteiger partial charge in [0.1, 0.15) is 18.0 Å². The quantitative estimate of drug-likeness (QED) is 0.113. The molecular formula is C34H37F4N9. The summed E-state index contributed by atoms with van der Waals surface area (Å²) in [5, 5.41) is 28.1. The van der Waals surface area contributed by atoms with E-state index in [4.69, 9.17) is 0 Å². The van der Waals surface area contributed by atoms with E-state index in [1.165, 1.54) is 37.7 Å². The molecule has 1 aromatic carbocycles. The van der Waals surface area contributed by atoms with Gasteiger partial charge >= 0.3 is 6.18 Å². The average Bonchev–Trinajstić information content (AvgIpc) is 3.72. The zero-order valence-electron chi connectivity index (χ0n) is 26.9. The van der Waals surface area contributed by atoms with Gasteiger partial charge in [-0.05, 0) is 73.7 Å². The Morgan fingerprint density at radius 3 is 2.45 bits per heavy atom. The van der Waals surface area contributed by atoms with Gasteiger partial charge in [0.25, 0.3) is 0 Å². The van der Waals surface area contributed by atoms with Crippen molar-refractivity contribution in [2.75, 3.05) is 17.2 Å². The van der Waals surface area contributed by atoms with Crippen molar-refractivity contribution in [3.05, 3.63) is 88.8 Å². The molecule has 1 aliphatic carbocycles. The second kappa shape index (κ2) is 13.3. The summed E-state index contributed by atoms with van der Waals surface area (Å²) in [6.45, 7) is 17.4. The molecule has 0 bridgehead atoms. The number of nitrogens with zero attached hydrogens (tertiary/aromatic N) is 5. The molecule has 2 aliphatic rings. The van der Waals surface area contributed by atoms with Crippen molar-refractivity contribution < 1.29 is 17.6 Å². The van der Waals surface area contributed by atoms with Crippen LogP contribution in [0.4, 0.5) is 28.9 Å². The molecule has 9 nitrogen and oxygen atoms in total. The largest absolute Gasteiger partial charge is 0.413 e. The normalized spacial score (nSPS) is 17.3. The lowest BCUT2D eigenvalue weighted by molar-refractivity contribution is -0.195. The molecule has 2 aromatic rings.